The number of aromatic nitrogens is 2. The molecule has 6 heteroatoms. The molecular weight excluding hydrogens is 306 g/mol. The highest BCUT2D eigenvalue weighted by Crippen LogP contribution is 2.32. The van der Waals surface area contributed by atoms with E-state index in [1.807, 2.05) is 24.3 Å². The van der Waals surface area contributed by atoms with Gasteiger partial charge in [-0.2, -0.15) is 0 Å². The molecule has 0 fully saturated rings. The van der Waals surface area contributed by atoms with E-state index >= 15 is 0 Å². The summed E-state index contributed by atoms with van der Waals surface area (Å²) >= 11 is 0. The predicted molar refractivity (Wildman–Crippen MR) is 94.9 cm³/mol. The first-order valence-corrected chi connectivity index (χ1v) is 7.87. The van der Waals surface area contributed by atoms with Crippen molar-refractivity contribution in [3.8, 4) is 17.2 Å². The van der Waals surface area contributed by atoms with Crippen LogP contribution in [-0.2, 0) is 14.1 Å². The smallest absolute Gasteiger partial charge is 0.328 e. The third kappa shape index (κ3) is 2.82. The van der Waals surface area contributed by atoms with Crippen LogP contribution in [0.4, 0.5) is 5.69 Å². The van der Waals surface area contributed by atoms with Crippen molar-refractivity contribution in [1.82, 2.24) is 9.13 Å². The topological polar surface area (TPSA) is 71.4 Å². The van der Waals surface area contributed by atoms with Gasteiger partial charge < -0.3 is 15.2 Å². The van der Waals surface area contributed by atoms with E-state index in [1.54, 1.807) is 35.4 Å². The average molecular weight is 327 g/mol. The van der Waals surface area contributed by atoms with Crippen LogP contribution in [0.15, 0.2) is 41.2 Å². The molecule has 0 amide bonds. The van der Waals surface area contributed by atoms with Gasteiger partial charge in [-0.1, -0.05) is 13.0 Å². The minimum absolute atomic E-state index is 0.100. The van der Waals surface area contributed by atoms with Gasteiger partial charge in [0.2, 0.25) is 0 Å². The van der Waals surface area contributed by atoms with Crippen LogP contribution < -0.4 is 20.9 Å². The zero-order chi connectivity index (χ0) is 17.3. The first-order chi connectivity index (χ1) is 11.5. The van der Waals surface area contributed by atoms with E-state index in [2.05, 4.69) is 6.92 Å². The van der Waals surface area contributed by atoms with E-state index in [4.69, 9.17) is 15.2 Å². The first kappa shape index (κ1) is 16.0. The lowest BCUT2D eigenvalue weighted by Gasteiger charge is -2.11. The number of hydrogen-bond acceptors (Lipinski definition) is 4. The molecular formula is C18H21N3O3. The van der Waals surface area contributed by atoms with E-state index in [1.165, 1.54) is 0 Å². The van der Waals surface area contributed by atoms with Crippen LogP contribution in [0, 0.1) is 0 Å². The Hall–Kier alpha value is -2.89. The van der Waals surface area contributed by atoms with Crippen LogP contribution in [0.25, 0.3) is 11.0 Å². The highest BCUT2D eigenvalue weighted by molar-refractivity contribution is 5.83. The van der Waals surface area contributed by atoms with E-state index in [-0.39, 0.29) is 5.69 Å². The SMILES string of the molecule is CCCOc1cccc(Oc2cc3c(cc2N)n(C)c(=O)n3C)c1. The van der Waals surface area contributed by atoms with Gasteiger partial charge in [-0.3, -0.25) is 9.13 Å². The number of nitrogens with two attached hydrogens (primary N) is 1. The Morgan fingerprint density at radius 3 is 2.42 bits per heavy atom. The van der Waals surface area contributed by atoms with Crippen LogP contribution >= 0.6 is 0 Å². The van der Waals surface area contributed by atoms with Gasteiger partial charge in [-0.15, -0.1) is 0 Å². The van der Waals surface area contributed by atoms with E-state index in [0.717, 1.165) is 23.2 Å². The van der Waals surface area contributed by atoms with Gasteiger partial charge in [0.15, 0.2) is 5.75 Å². The van der Waals surface area contributed by atoms with Crippen LogP contribution in [0.3, 0.4) is 0 Å². The maximum atomic E-state index is 12.0. The van der Waals surface area contributed by atoms with Crippen LogP contribution in [0.5, 0.6) is 17.2 Å². The molecule has 0 aliphatic heterocycles. The number of fused-ring (bicyclic) bond motifs is 1. The summed E-state index contributed by atoms with van der Waals surface area (Å²) in [4.78, 5) is 12.0. The summed E-state index contributed by atoms with van der Waals surface area (Å²) in [6.07, 6.45) is 0.941. The van der Waals surface area contributed by atoms with Gasteiger partial charge in [0.1, 0.15) is 11.5 Å². The number of anilines is 1. The lowest BCUT2D eigenvalue weighted by molar-refractivity contribution is 0.316. The Kier molecular flexibility index (Phi) is 4.20. The molecule has 24 heavy (non-hydrogen) atoms. The van der Waals surface area contributed by atoms with Crippen LogP contribution in [0.1, 0.15) is 13.3 Å². The van der Waals surface area contributed by atoms with Gasteiger partial charge in [0.05, 0.1) is 23.3 Å². The van der Waals surface area contributed by atoms with E-state index in [0.29, 0.717) is 23.8 Å². The highest BCUT2D eigenvalue weighted by Gasteiger charge is 2.12. The van der Waals surface area contributed by atoms with Gasteiger partial charge in [0.25, 0.3) is 0 Å². The Labute approximate surface area is 140 Å². The highest BCUT2D eigenvalue weighted by atomic mass is 16.5. The average Bonchev–Trinajstić information content (AvgIpc) is 2.78. The number of rotatable bonds is 5. The normalized spacial score (nSPS) is 11.0. The minimum atomic E-state index is -0.100. The van der Waals surface area contributed by atoms with Gasteiger partial charge in [0, 0.05) is 26.2 Å². The Balaban J connectivity index is 1.97. The molecule has 1 aromatic heterocycles. The number of nitrogen functional groups attached to an aromatic ring is 1. The van der Waals surface area contributed by atoms with Crippen molar-refractivity contribution in [3.05, 3.63) is 46.9 Å². The maximum absolute atomic E-state index is 12.0. The second kappa shape index (κ2) is 6.31. The molecule has 0 aliphatic carbocycles. The third-order valence-corrected chi connectivity index (χ3v) is 3.91. The summed E-state index contributed by atoms with van der Waals surface area (Å²) in [5.41, 5.74) is 8.01. The molecule has 3 rings (SSSR count). The lowest BCUT2D eigenvalue weighted by atomic mass is 10.2. The van der Waals surface area contributed by atoms with E-state index in [9.17, 15) is 4.79 Å². The fourth-order valence-electron chi connectivity index (χ4n) is 2.60. The molecule has 0 radical (unpaired) electrons. The van der Waals surface area contributed by atoms with Crippen LogP contribution in [-0.4, -0.2) is 15.7 Å². The third-order valence-electron chi connectivity index (χ3n) is 3.91. The number of aryl methyl sites for hydroxylation is 2. The first-order valence-electron chi connectivity index (χ1n) is 7.87. The molecule has 0 saturated heterocycles. The van der Waals surface area contributed by atoms with Crippen molar-refractivity contribution in [2.24, 2.45) is 14.1 Å². The predicted octanol–water partition coefficient (Wildman–Crippen LogP) is 3.04. The molecule has 2 aromatic carbocycles. The monoisotopic (exact) mass is 327 g/mol. The molecule has 0 spiro atoms. The standard InChI is InChI=1S/C18H21N3O3/c1-4-8-23-12-6-5-7-13(9-12)24-17-11-16-15(10-14(17)19)20(2)18(22)21(16)3/h5-7,9-11H,4,8,19H2,1-3H3. The van der Waals surface area contributed by atoms with Crippen molar-refractivity contribution in [1.29, 1.82) is 0 Å². The molecule has 0 aliphatic rings. The summed E-state index contributed by atoms with van der Waals surface area (Å²) in [7, 11) is 3.45. The molecule has 0 saturated carbocycles. The fourth-order valence-corrected chi connectivity index (χ4v) is 2.60. The van der Waals surface area contributed by atoms with Crippen molar-refractivity contribution in [2.45, 2.75) is 13.3 Å². The second-order valence-corrected chi connectivity index (χ2v) is 5.70. The molecule has 0 bridgehead atoms. The summed E-state index contributed by atoms with van der Waals surface area (Å²) in [5.74, 6) is 1.90. The van der Waals surface area contributed by atoms with Gasteiger partial charge in [-0.05, 0) is 24.6 Å². The maximum Gasteiger partial charge on any atom is 0.328 e. The number of hydrogen-bond donors (Lipinski definition) is 1. The fraction of sp³-hybridized carbons (Fsp3) is 0.278. The number of ether oxygens (including phenoxy) is 2. The van der Waals surface area contributed by atoms with Crippen molar-refractivity contribution >= 4 is 16.7 Å². The molecule has 126 valence electrons. The second-order valence-electron chi connectivity index (χ2n) is 5.70. The minimum Gasteiger partial charge on any atom is -0.493 e. The quantitative estimate of drug-likeness (QED) is 0.731. The molecule has 3 aromatic rings. The Morgan fingerprint density at radius 1 is 1.04 bits per heavy atom. The van der Waals surface area contributed by atoms with Crippen molar-refractivity contribution < 1.29 is 9.47 Å². The van der Waals surface area contributed by atoms with Crippen molar-refractivity contribution in [2.75, 3.05) is 12.3 Å². The number of imidazole rings is 1. The molecule has 1 heterocycles. The van der Waals surface area contributed by atoms with Gasteiger partial charge >= 0.3 is 5.69 Å². The van der Waals surface area contributed by atoms with Gasteiger partial charge in [-0.25, -0.2) is 4.79 Å². The van der Waals surface area contributed by atoms with Crippen molar-refractivity contribution in [3.63, 3.8) is 0 Å². The summed E-state index contributed by atoms with van der Waals surface area (Å²) < 4.78 is 14.7. The summed E-state index contributed by atoms with van der Waals surface area (Å²) in [5, 5.41) is 0. The Morgan fingerprint density at radius 2 is 1.71 bits per heavy atom. The largest absolute Gasteiger partial charge is 0.493 e. The number of nitrogens with zero attached hydrogens (tertiary/aromatic N) is 2. The summed E-state index contributed by atoms with van der Waals surface area (Å²) in [6.45, 7) is 2.71. The zero-order valence-corrected chi connectivity index (χ0v) is 14.1. The lowest BCUT2D eigenvalue weighted by Crippen LogP contribution is -2.19. The van der Waals surface area contributed by atoms with E-state index < -0.39 is 0 Å². The van der Waals surface area contributed by atoms with Crippen LogP contribution in [0.2, 0.25) is 0 Å². The number of benzene rings is 2. The molecule has 0 atom stereocenters. The zero-order valence-electron chi connectivity index (χ0n) is 14.1. The molecule has 6 nitrogen and oxygen atoms in total. The molecule has 0 unspecified atom stereocenters. The molecule has 2 N–H and O–H groups in total. The Bertz CT molecular complexity index is 941. The summed E-state index contributed by atoms with van der Waals surface area (Å²) in [6, 6.07) is 11.0.